The topological polar surface area (TPSA) is 70.2 Å². The second-order valence-electron chi connectivity index (χ2n) is 6.37. The summed E-state index contributed by atoms with van der Waals surface area (Å²) in [5.74, 6) is -0.102. The Morgan fingerprint density at radius 3 is 2.67 bits per heavy atom. The molecule has 0 unspecified atom stereocenters. The number of halogens is 1. The Labute approximate surface area is 148 Å². The van der Waals surface area contributed by atoms with Crippen molar-refractivity contribution in [2.45, 2.75) is 57.9 Å². The maximum absolute atomic E-state index is 11.9. The van der Waals surface area contributed by atoms with Crippen molar-refractivity contribution in [1.82, 2.24) is 10.6 Å². The summed E-state index contributed by atoms with van der Waals surface area (Å²) in [5.41, 5.74) is 1.67. The lowest BCUT2D eigenvalue weighted by Gasteiger charge is -2.22. The highest BCUT2D eigenvalue weighted by Crippen LogP contribution is 2.22. The van der Waals surface area contributed by atoms with E-state index >= 15 is 0 Å². The molecule has 1 aromatic rings. The molecule has 2 rings (SSSR count). The van der Waals surface area contributed by atoms with Gasteiger partial charge in [0, 0.05) is 19.0 Å². The summed E-state index contributed by atoms with van der Waals surface area (Å²) in [7, 11) is 0. The highest BCUT2D eigenvalue weighted by atomic mass is 35.5. The fraction of sp³-hybridized carbons (Fsp3) is 0.556. The maximum Gasteiger partial charge on any atom is 0.315 e. The van der Waals surface area contributed by atoms with Crippen LogP contribution in [0.4, 0.5) is 10.5 Å². The molecule has 3 amide bonds. The molecule has 1 fully saturated rings. The number of carbonyl (C=O) groups is 2. The molecule has 0 radical (unpaired) electrons. The van der Waals surface area contributed by atoms with E-state index in [1.807, 2.05) is 19.1 Å². The average molecular weight is 352 g/mol. The molecule has 0 spiro atoms. The molecule has 132 valence electrons. The Morgan fingerprint density at radius 1 is 1.21 bits per heavy atom. The van der Waals surface area contributed by atoms with Crippen molar-refractivity contribution in [1.29, 1.82) is 0 Å². The lowest BCUT2D eigenvalue weighted by Crippen LogP contribution is -2.43. The van der Waals surface area contributed by atoms with Crippen LogP contribution in [0.15, 0.2) is 18.2 Å². The smallest absolute Gasteiger partial charge is 0.315 e. The summed E-state index contributed by atoms with van der Waals surface area (Å²) in [5, 5.41) is 9.13. The van der Waals surface area contributed by atoms with Crippen LogP contribution in [0.2, 0.25) is 5.02 Å². The molecular formula is C18H26ClN3O2. The van der Waals surface area contributed by atoms with Gasteiger partial charge in [-0.05, 0) is 43.9 Å². The van der Waals surface area contributed by atoms with Crippen LogP contribution in [0.25, 0.3) is 0 Å². The number of nitrogens with one attached hydrogen (secondary N) is 3. The van der Waals surface area contributed by atoms with E-state index < -0.39 is 0 Å². The molecule has 24 heavy (non-hydrogen) atoms. The van der Waals surface area contributed by atoms with Crippen LogP contribution in [0.5, 0.6) is 0 Å². The fourth-order valence-electron chi connectivity index (χ4n) is 2.87. The minimum absolute atomic E-state index is 0.102. The molecule has 0 aliphatic heterocycles. The van der Waals surface area contributed by atoms with Gasteiger partial charge in [-0.25, -0.2) is 4.79 Å². The van der Waals surface area contributed by atoms with Crippen LogP contribution in [0.1, 0.15) is 50.5 Å². The third-order valence-electron chi connectivity index (χ3n) is 4.21. The van der Waals surface area contributed by atoms with E-state index in [1.54, 1.807) is 6.07 Å². The number of hydrogen-bond acceptors (Lipinski definition) is 2. The lowest BCUT2D eigenvalue weighted by atomic mass is 9.96. The molecule has 6 heteroatoms. The van der Waals surface area contributed by atoms with E-state index in [2.05, 4.69) is 16.0 Å². The second kappa shape index (κ2) is 9.52. The van der Waals surface area contributed by atoms with E-state index in [1.165, 1.54) is 19.3 Å². The molecule has 0 saturated heterocycles. The molecule has 0 heterocycles. The zero-order valence-corrected chi connectivity index (χ0v) is 14.9. The molecule has 0 aromatic heterocycles. The molecule has 1 saturated carbocycles. The summed E-state index contributed by atoms with van der Waals surface area (Å²) in [6.45, 7) is 2.43. The first-order valence-corrected chi connectivity index (χ1v) is 9.03. The lowest BCUT2D eigenvalue weighted by molar-refractivity contribution is -0.116. The number of benzene rings is 1. The SMILES string of the molecule is Cc1ccc(NC(=O)CCCNC(=O)NC2CCCCC2)c(Cl)c1. The van der Waals surface area contributed by atoms with Crippen LogP contribution in [0.3, 0.4) is 0 Å². The first-order valence-electron chi connectivity index (χ1n) is 8.65. The number of hydrogen-bond donors (Lipinski definition) is 3. The maximum atomic E-state index is 11.9. The average Bonchev–Trinajstić information content (AvgIpc) is 2.55. The molecule has 1 aliphatic carbocycles. The van der Waals surface area contributed by atoms with Crippen LogP contribution in [-0.2, 0) is 4.79 Å². The first kappa shape index (κ1) is 18.6. The highest BCUT2D eigenvalue weighted by Gasteiger charge is 2.15. The number of aryl methyl sites for hydroxylation is 1. The van der Waals surface area contributed by atoms with Crippen molar-refractivity contribution in [2.24, 2.45) is 0 Å². The second-order valence-corrected chi connectivity index (χ2v) is 6.78. The Balaban J connectivity index is 1.61. The number of carbonyl (C=O) groups excluding carboxylic acids is 2. The van der Waals surface area contributed by atoms with E-state index in [-0.39, 0.29) is 11.9 Å². The van der Waals surface area contributed by atoms with E-state index in [0.717, 1.165) is 18.4 Å². The number of anilines is 1. The monoisotopic (exact) mass is 351 g/mol. The Kier molecular flexibility index (Phi) is 7.37. The molecule has 0 atom stereocenters. The quantitative estimate of drug-likeness (QED) is 0.678. The predicted octanol–water partition coefficient (Wildman–Crippen LogP) is 4.00. The Hall–Kier alpha value is -1.75. The fourth-order valence-corrected chi connectivity index (χ4v) is 3.15. The van der Waals surface area contributed by atoms with Gasteiger partial charge in [-0.2, -0.15) is 0 Å². The van der Waals surface area contributed by atoms with Gasteiger partial charge < -0.3 is 16.0 Å². The summed E-state index contributed by atoms with van der Waals surface area (Å²) in [6.07, 6.45) is 6.70. The van der Waals surface area contributed by atoms with Crippen LogP contribution in [0, 0.1) is 6.92 Å². The minimum Gasteiger partial charge on any atom is -0.338 e. The standard InChI is InChI=1S/C18H26ClN3O2/c1-13-9-10-16(15(19)12-13)22-17(23)8-5-11-20-18(24)21-14-6-3-2-4-7-14/h9-10,12,14H,2-8,11H2,1H3,(H,22,23)(H2,20,21,24). The van der Waals surface area contributed by atoms with Gasteiger partial charge in [0.1, 0.15) is 0 Å². The predicted molar refractivity (Wildman–Crippen MR) is 97.5 cm³/mol. The minimum atomic E-state index is -0.135. The van der Waals surface area contributed by atoms with Crippen LogP contribution in [-0.4, -0.2) is 24.5 Å². The van der Waals surface area contributed by atoms with Crippen molar-refractivity contribution in [2.75, 3.05) is 11.9 Å². The van der Waals surface area contributed by atoms with Gasteiger partial charge in [0.25, 0.3) is 0 Å². The van der Waals surface area contributed by atoms with Gasteiger partial charge in [0.15, 0.2) is 0 Å². The summed E-state index contributed by atoms with van der Waals surface area (Å²) < 4.78 is 0. The molecule has 1 aliphatic rings. The third-order valence-corrected chi connectivity index (χ3v) is 4.52. The first-order chi connectivity index (χ1) is 11.5. The summed E-state index contributed by atoms with van der Waals surface area (Å²) >= 11 is 6.09. The van der Waals surface area contributed by atoms with Gasteiger partial charge in [0.05, 0.1) is 10.7 Å². The third kappa shape index (κ3) is 6.40. The Bertz CT molecular complexity index is 571. The highest BCUT2D eigenvalue weighted by molar-refractivity contribution is 6.33. The van der Waals surface area contributed by atoms with E-state index in [0.29, 0.717) is 36.1 Å². The van der Waals surface area contributed by atoms with E-state index in [9.17, 15) is 9.59 Å². The van der Waals surface area contributed by atoms with Crippen molar-refractivity contribution in [3.8, 4) is 0 Å². The van der Waals surface area contributed by atoms with Gasteiger partial charge in [0.2, 0.25) is 5.91 Å². The summed E-state index contributed by atoms with van der Waals surface area (Å²) in [4.78, 5) is 23.7. The number of rotatable bonds is 6. The van der Waals surface area contributed by atoms with Gasteiger partial charge in [-0.15, -0.1) is 0 Å². The van der Waals surface area contributed by atoms with Crippen LogP contribution < -0.4 is 16.0 Å². The Morgan fingerprint density at radius 2 is 1.96 bits per heavy atom. The largest absolute Gasteiger partial charge is 0.338 e. The molecular weight excluding hydrogens is 326 g/mol. The van der Waals surface area contributed by atoms with Gasteiger partial charge in [-0.3, -0.25) is 4.79 Å². The molecule has 5 nitrogen and oxygen atoms in total. The van der Waals surface area contributed by atoms with Crippen molar-refractivity contribution < 1.29 is 9.59 Å². The van der Waals surface area contributed by atoms with Gasteiger partial charge in [-0.1, -0.05) is 36.9 Å². The number of urea groups is 1. The van der Waals surface area contributed by atoms with E-state index in [4.69, 9.17) is 11.6 Å². The van der Waals surface area contributed by atoms with Gasteiger partial charge >= 0.3 is 6.03 Å². The number of amides is 3. The van der Waals surface area contributed by atoms with Crippen LogP contribution >= 0.6 is 11.6 Å². The molecule has 3 N–H and O–H groups in total. The normalized spacial score (nSPS) is 14.9. The molecule has 1 aromatic carbocycles. The summed E-state index contributed by atoms with van der Waals surface area (Å²) in [6, 6.07) is 5.67. The van der Waals surface area contributed by atoms with Crippen molar-refractivity contribution in [3.05, 3.63) is 28.8 Å². The molecule has 0 bridgehead atoms. The zero-order chi connectivity index (χ0) is 17.4. The van der Waals surface area contributed by atoms with Crippen molar-refractivity contribution in [3.63, 3.8) is 0 Å². The zero-order valence-electron chi connectivity index (χ0n) is 14.2. The van der Waals surface area contributed by atoms with Crippen molar-refractivity contribution >= 4 is 29.2 Å².